The quantitative estimate of drug-likeness (QED) is 0.557. The number of hydrogen-bond donors (Lipinski definition) is 2. The van der Waals surface area contributed by atoms with Gasteiger partial charge in [-0.25, -0.2) is 4.98 Å². The maximum absolute atomic E-state index is 12.4. The zero-order chi connectivity index (χ0) is 20.3. The van der Waals surface area contributed by atoms with Gasteiger partial charge in [0.2, 0.25) is 0 Å². The van der Waals surface area contributed by atoms with Gasteiger partial charge in [-0.05, 0) is 62.2 Å². The Balaban J connectivity index is 1.73. The fraction of sp³-hybridized carbons (Fsp3) is 0.136. The monoisotopic (exact) mass is 393 g/mol. The predicted octanol–water partition coefficient (Wildman–Crippen LogP) is 5.55. The average molecular weight is 394 g/mol. The summed E-state index contributed by atoms with van der Waals surface area (Å²) in [5.41, 5.74) is 4.40. The van der Waals surface area contributed by atoms with Crippen molar-refractivity contribution in [1.29, 1.82) is 0 Å². The highest BCUT2D eigenvalue weighted by atomic mass is 35.5. The molecule has 1 aromatic heterocycles. The van der Waals surface area contributed by atoms with Crippen LogP contribution in [0.1, 0.15) is 38.8 Å². The van der Waals surface area contributed by atoms with Crippen LogP contribution in [0, 0.1) is 13.8 Å². The van der Waals surface area contributed by atoms with Crippen LogP contribution in [-0.4, -0.2) is 16.7 Å². The molecule has 0 bridgehead atoms. The molecule has 0 unspecified atom stereocenters. The Morgan fingerprint density at radius 3 is 2.43 bits per heavy atom. The summed E-state index contributed by atoms with van der Waals surface area (Å²) < 4.78 is 0. The molecule has 6 heteroatoms. The number of pyridine rings is 1. The first-order valence-electron chi connectivity index (χ1n) is 8.75. The number of amides is 1. The lowest BCUT2D eigenvalue weighted by Crippen LogP contribution is -2.12. The van der Waals surface area contributed by atoms with E-state index in [-0.39, 0.29) is 11.7 Å². The molecule has 0 aliphatic rings. The van der Waals surface area contributed by atoms with Crippen molar-refractivity contribution >= 4 is 40.5 Å². The first-order chi connectivity index (χ1) is 13.3. The first-order valence-corrected chi connectivity index (χ1v) is 9.13. The van der Waals surface area contributed by atoms with E-state index in [1.165, 1.54) is 13.1 Å². The van der Waals surface area contributed by atoms with Gasteiger partial charge in [-0.15, -0.1) is 0 Å². The highest BCUT2D eigenvalue weighted by Crippen LogP contribution is 2.29. The molecule has 0 spiro atoms. The number of nitrogens with zero attached hydrogens (tertiary/aromatic N) is 1. The maximum Gasteiger partial charge on any atom is 0.257 e. The van der Waals surface area contributed by atoms with Gasteiger partial charge in [0.1, 0.15) is 5.82 Å². The van der Waals surface area contributed by atoms with Crippen LogP contribution in [-0.2, 0) is 0 Å². The molecule has 3 aromatic rings. The van der Waals surface area contributed by atoms with Crippen LogP contribution in [0.15, 0.2) is 54.7 Å². The van der Waals surface area contributed by atoms with E-state index in [0.717, 1.165) is 16.8 Å². The minimum atomic E-state index is -0.302. The van der Waals surface area contributed by atoms with E-state index < -0.39 is 0 Å². The van der Waals surface area contributed by atoms with Gasteiger partial charge >= 0.3 is 0 Å². The molecule has 0 fully saturated rings. The number of anilines is 3. The molecular formula is C22H20ClN3O2. The lowest BCUT2D eigenvalue weighted by molar-refractivity contribution is 0.101. The van der Waals surface area contributed by atoms with E-state index in [2.05, 4.69) is 15.6 Å². The molecule has 1 heterocycles. The molecule has 1 amide bonds. The van der Waals surface area contributed by atoms with E-state index in [4.69, 9.17) is 11.6 Å². The second kappa shape index (κ2) is 8.23. The molecule has 5 nitrogen and oxygen atoms in total. The number of benzene rings is 2. The number of aromatic nitrogens is 1. The third-order valence-corrected chi connectivity index (χ3v) is 4.54. The molecule has 2 N–H and O–H groups in total. The summed E-state index contributed by atoms with van der Waals surface area (Å²) in [4.78, 5) is 28.2. The predicted molar refractivity (Wildman–Crippen MR) is 113 cm³/mol. The lowest BCUT2D eigenvalue weighted by atomic mass is 10.1. The Morgan fingerprint density at radius 2 is 1.79 bits per heavy atom. The molecule has 0 saturated heterocycles. The number of carbonyl (C=O) groups excluding carboxylic acids is 2. The van der Waals surface area contributed by atoms with Gasteiger partial charge < -0.3 is 10.6 Å². The second-order valence-electron chi connectivity index (χ2n) is 6.59. The maximum atomic E-state index is 12.4. The van der Waals surface area contributed by atoms with Gasteiger partial charge in [0.05, 0.1) is 16.3 Å². The summed E-state index contributed by atoms with van der Waals surface area (Å²) in [6, 6.07) is 14.1. The molecule has 3 rings (SSSR count). The van der Waals surface area contributed by atoms with E-state index in [9.17, 15) is 9.59 Å². The van der Waals surface area contributed by atoms with Gasteiger partial charge in [0, 0.05) is 17.4 Å². The van der Waals surface area contributed by atoms with Gasteiger partial charge in [-0.3, -0.25) is 9.59 Å². The summed E-state index contributed by atoms with van der Waals surface area (Å²) in [7, 11) is 0. The molecular weight excluding hydrogens is 374 g/mol. The van der Waals surface area contributed by atoms with Gasteiger partial charge in [0.25, 0.3) is 5.91 Å². The number of nitrogens with one attached hydrogen (secondary N) is 2. The number of ketones is 1. The Hall–Kier alpha value is -3.18. The third kappa shape index (κ3) is 4.56. The summed E-state index contributed by atoms with van der Waals surface area (Å²) in [6.45, 7) is 5.44. The van der Waals surface area contributed by atoms with Crippen LogP contribution < -0.4 is 10.6 Å². The van der Waals surface area contributed by atoms with Gasteiger partial charge in [-0.1, -0.05) is 29.8 Å². The van der Waals surface area contributed by atoms with E-state index in [1.807, 2.05) is 26.0 Å². The number of Topliss-reactive ketones (excluding diaryl/α,β-unsaturated/α-hetero) is 1. The van der Waals surface area contributed by atoms with E-state index in [0.29, 0.717) is 27.7 Å². The van der Waals surface area contributed by atoms with Crippen LogP contribution >= 0.6 is 11.6 Å². The standard InChI is InChI=1S/C22H20ClN3O2/c1-13-9-14(2)21(19(23)10-13)26-20-8-7-17(12-24-20)22(28)25-18-6-4-5-16(11-18)15(3)27/h4-12H,1-3H3,(H,24,26)(H,25,28). The molecule has 0 saturated carbocycles. The SMILES string of the molecule is CC(=O)c1cccc(NC(=O)c2ccc(Nc3c(C)cc(C)cc3Cl)nc2)c1. The minimum Gasteiger partial charge on any atom is -0.339 e. The molecule has 0 radical (unpaired) electrons. The molecule has 0 aliphatic heterocycles. The molecule has 2 aromatic carbocycles. The largest absolute Gasteiger partial charge is 0.339 e. The van der Waals surface area contributed by atoms with Crippen molar-refractivity contribution in [2.45, 2.75) is 20.8 Å². The van der Waals surface area contributed by atoms with Crippen molar-refractivity contribution < 1.29 is 9.59 Å². The fourth-order valence-corrected chi connectivity index (χ4v) is 3.19. The van der Waals surface area contributed by atoms with Crippen molar-refractivity contribution in [2.24, 2.45) is 0 Å². The zero-order valence-electron chi connectivity index (χ0n) is 15.8. The number of aryl methyl sites for hydroxylation is 2. The van der Waals surface area contributed by atoms with Crippen LogP contribution in [0.25, 0.3) is 0 Å². The van der Waals surface area contributed by atoms with E-state index in [1.54, 1.807) is 36.4 Å². The first kappa shape index (κ1) is 19.6. The summed E-state index contributed by atoms with van der Waals surface area (Å²) >= 11 is 6.31. The summed E-state index contributed by atoms with van der Waals surface area (Å²) in [5.74, 6) is 0.228. The second-order valence-corrected chi connectivity index (χ2v) is 6.99. The fourth-order valence-electron chi connectivity index (χ4n) is 2.82. The minimum absolute atomic E-state index is 0.0572. The number of rotatable bonds is 5. The van der Waals surface area contributed by atoms with Crippen molar-refractivity contribution in [1.82, 2.24) is 4.98 Å². The lowest BCUT2D eigenvalue weighted by Gasteiger charge is -2.12. The molecule has 142 valence electrons. The zero-order valence-corrected chi connectivity index (χ0v) is 16.6. The Labute approximate surface area is 168 Å². The van der Waals surface area contributed by atoms with Crippen LogP contribution in [0.3, 0.4) is 0 Å². The van der Waals surface area contributed by atoms with Gasteiger partial charge in [-0.2, -0.15) is 0 Å². The summed E-state index contributed by atoms with van der Waals surface area (Å²) in [6.07, 6.45) is 1.49. The Bertz CT molecular complexity index is 1020. The van der Waals surface area contributed by atoms with Crippen LogP contribution in [0.4, 0.5) is 17.2 Å². The van der Waals surface area contributed by atoms with Crippen molar-refractivity contribution in [3.8, 4) is 0 Å². The van der Waals surface area contributed by atoms with Crippen LogP contribution in [0.5, 0.6) is 0 Å². The van der Waals surface area contributed by atoms with Crippen LogP contribution in [0.2, 0.25) is 5.02 Å². The van der Waals surface area contributed by atoms with Crippen molar-refractivity contribution in [3.63, 3.8) is 0 Å². The normalized spacial score (nSPS) is 10.4. The Kier molecular flexibility index (Phi) is 5.76. The van der Waals surface area contributed by atoms with E-state index >= 15 is 0 Å². The third-order valence-electron chi connectivity index (χ3n) is 4.24. The van der Waals surface area contributed by atoms with Crippen molar-refractivity contribution in [2.75, 3.05) is 10.6 Å². The summed E-state index contributed by atoms with van der Waals surface area (Å²) in [5, 5.41) is 6.58. The Morgan fingerprint density at radius 1 is 1.00 bits per heavy atom. The average Bonchev–Trinajstić information content (AvgIpc) is 2.65. The molecule has 0 aliphatic carbocycles. The van der Waals surface area contributed by atoms with Gasteiger partial charge in [0.15, 0.2) is 5.78 Å². The van der Waals surface area contributed by atoms with Crippen molar-refractivity contribution in [3.05, 3.63) is 82.0 Å². The number of carbonyl (C=O) groups is 2. The highest BCUT2D eigenvalue weighted by Gasteiger charge is 2.10. The number of halogens is 1. The smallest absolute Gasteiger partial charge is 0.257 e. The molecule has 0 atom stereocenters. The topological polar surface area (TPSA) is 71.1 Å². The number of hydrogen-bond acceptors (Lipinski definition) is 4. The highest BCUT2D eigenvalue weighted by molar-refractivity contribution is 6.33. The molecule has 28 heavy (non-hydrogen) atoms.